The van der Waals surface area contributed by atoms with Crippen LogP contribution in [0.25, 0.3) is 10.9 Å². The number of rotatable bonds is 1. The Morgan fingerprint density at radius 3 is 2.93 bits per heavy atom. The maximum absolute atomic E-state index is 10.7. The number of halogens is 1. The predicted octanol–water partition coefficient (Wildman–Crippen LogP) is 2.33. The molecule has 1 aromatic heterocycles. The zero-order valence-electron chi connectivity index (χ0n) is 7.34. The lowest BCUT2D eigenvalue weighted by Crippen LogP contribution is -1.95. The minimum absolute atomic E-state index is 0.232. The van der Waals surface area contributed by atoms with Gasteiger partial charge in [-0.15, -0.1) is 0 Å². The van der Waals surface area contributed by atoms with Gasteiger partial charge in [0.05, 0.1) is 11.1 Å². The lowest BCUT2D eigenvalue weighted by molar-refractivity contribution is 0.0697. The first-order valence-electron chi connectivity index (χ1n) is 3.97. The zero-order chi connectivity index (χ0) is 10.3. The standard InChI is InChI=1S/C9H7BrN2O2/c1-4-8-6(10)2-5(9(13)14)3-7(8)12-11-4/h2-3H,1H3,(H,11,12)(H,13,14). The summed E-state index contributed by atoms with van der Waals surface area (Å²) >= 11 is 3.32. The summed E-state index contributed by atoms with van der Waals surface area (Å²) in [4.78, 5) is 10.7. The van der Waals surface area contributed by atoms with E-state index in [1.165, 1.54) is 0 Å². The van der Waals surface area contributed by atoms with Crippen LogP contribution in [0.3, 0.4) is 0 Å². The van der Waals surface area contributed by atoms with E-state index in [9.17, 15) is 4.79 Å². The summed E-state index contributed by atoms with van der Waals surface area (Å²) in [6, 6.07) is 3.12. The van der Waals surface area contributed by atoms with Gasteiger partial charge in [-0.05, 0) is 19.1 Å². The van der Waals surface area contributed by atoms with Crippen molar-refractivity contribution in [3.8, 4) is 0 Å². The van der Waals surface area contributed by atoms with Gasteiger partial charge in [0.15, 0.2) is 0 Å². The lowest BCUT2D eigenvalue weighted by Gasteiger charge is -1.97. The second kappa shape index (κ2) is 3.09. The third kappa shape index (κ3) is 1.29. The van der Waals surface area contributed by atoms with Crippen molar-refractivity contribution in [2.45, 2.75) is 6.92 Å². The Bertz CT molecular complexity index is 519. The Balaban J connectivity index is 2.80. The maximum atomic E-state index is 10.7. The molecule has 0 aliphatic heterocycles. The Hall–Kier alpha value is -1.36. The van der Waals surface area contributed by atoms with E-state index in [0.29, 0.717) is 5.52 Å². The van der Waals surface area contributed by atoms with Crippen molar-refractivity contribution in [2.24, 2.45) is 0 Å². The molecule has 0 atom stereocenters. The highest BCUT2D eigenvalue weighted by Gasteiger charge is 2.11. The first kappa shape index (κ1) is 9.21. The number of aromatic amines is 1. The SMILES string of the molecule is Cc1[nH]nc2cc(C(=O)O)cc(Br)c12. The fourth-order valence-corrected chi connectivity index (χ4v) is 2.12. The summed E-state index contributed by atoms with van der Waals surface area (Å²) in [5, 5.41) is 16.6. The summed E-state index contributed by atoms with van der Waals surface area (Å²) in [5.74, 6) is -0.951. The van der Waals surface area contributed by atoms with Gasteiger partial charge in [0.2, 0.25) is 0 Å². The molecule has 14 heavy (non-hydrogen) atoms. The van der Waals surface area contributed by atoms with Crippen molar-refractivity contribution in [1.29, 1.82) is 0 Å². The number of carboxylic acids is 1. The van der Waals surface area contributed by atoms with Crippen molar-refractivity contribution in [2.75, 3.05) is 0 Å². The highest BCUT2D eigenvalue weighted by Crippen LogP contribution is 2.26. The Labute approximate surface area is 88.1 Å². The lowest BCUT2D eigenvalue weighted by atomic mass is 10.1. The number of hydrogen-bond acceptors (Lipinski definition) is 2. The molecule has 2 rings (SSSR count). The highest BCUT2D eigenvalue weighted by molar-refractivity contribution is 9.10. The minimum Gasteiger partial charge on any atom is -0.478 e. The number of carboxylic acid groups (broad SMARTS) is 1. The Morgan fingerprint density at radius 2 is 2.29 bits per heavy atom. The molecule has 4 nitrogen and oxygen atoms in total. The van der Waals surface area contributed by atoms with Crippen LogP contribution in [0.5, 0.6) is 0 Å². The number of nitrogens with zero attached hydrogens (tertiary/aromatic N) is 1. The van der Waals surface area contributed by atoms with Gasteiger partial charge in [-0.3, -0.25) is 5.10 Å². The van der Waals surface area contributed by atoms with Gasteiger partial charge in [0.1, 0.15) is 0 Å². The van der Waals surface area contributed by atoms with Gasteiger partial charge in [-0.2, -0.15) is 5.10 Å². The number of aromatic nitrogens is 2. The van der Waals surface area contributed by atoms with Crippen molar-refractivity contribution < 1.29 is 9.90 Å². The van der Waals surface area contributed by atoms with Crippen LogP contribution >= 0.6 is 15.9 Å². The summed E-state index contributed by atoms with van der Waals surface area (Å²) < 4.78 is 0.749. The molecule has 1 aromatic carbocycles. The van der Waals surface area contributed by atoms with E-state index in [2.05, 4.69) is 26.1 Å². The van der Waals surface area contributed by atoms with E-state index in [1.807, 2.05) is 6.92 Å². The Kier molecular flexibility index (Phi) is 2.03. The van der Waals surface area contributed by atoms with Crippen LogP contribution in [0.1, 0.15) is 16.1 Å². The average Bonchev–Trinajstić information content (AvgIpc) is 2.48. The molecule has 0 saturated heterocycles. The highest BCUT2D eigenvalue weighted by atomic mass is 79.9. The van der Waals surface area contributed by atoms with Crippen molar-refractivity contribution in [3.63, 3.8) is 0 Å². The van der Waals surface area contributed by atoms with Gasteiger partial charge >= 0.3 is 5.97 Å². The number of benzene rings is 1. The van der Waals surface area contributed by atoms with Gasteiger partial charge in [-0.1, -0.05) is 15.9 Å². The summed E-state index contributed by atoms with van der Waals surface area (Å²) in [5.41, 5.74) is 1.81. The number of carbonyl (C=O) groups is 1. The molecule has 0 aliphatic rings. The molecular weight excluding hydrogens is 248 g/mol. The number of nitrogens with one attached hydrogen (secondary N) is 1. The molecule has 0 bridgehead atoms. The van der Waals surface area contributed by atoms with Crippen molar-refractivity contribution >= 4 is 32.8 Å². The van der Waals surface area contributed by atoms with Gasteiger partial charge in [-0.25, -0.2) is 4.79 Å². The van der Waals surface area contributed by atoms with Crippen LogP contribution in [0.4, 0.5) is 0 Å². The zero-order valence-corrected chi connectivity index (χ0v) is 8.92. The molecule has 0 aliphatic carbocycles. The fraction of sp³-hybridized carbons (Fsp3) is 0.111. The summed E-state index contributed by atoms with van der Waals surface area (Å²) in [6.45, 7) is 1.89. The van der Waals surface area contributed by atoms with E-state index >= 15 is 0 Å². The van der Waals surface area contributed by atoms with E-state index in [-0.39, 0.29) is 5.56 Å². The fourth-order valence-electron chi connectivity index (χ4n) is 1.38. The normalized spacial score (nSPS) is 10.7. The molecule has 0 spiro atoms. The Morgan fingerprint density at radius 1 is 1.57 bits per heavy atom. The number of H-pyrrole nitrogens is 1. The van der Waals surface area contributed by atoms with E-state index in [4.69, 9.17) is 5.11 Å². The molecule has 0 fully saturated rings. The molecule has 0 unspecified atom stereocenters. The second-order valence-electron chi connectivity index (χ2n) is 3.01. The van der Waals surface area contributed by atoms with Crippen molar-refractivity contribution in [1.82, 2.24) is 10.2 Å². The van der Waals surface area contributed by atoms with E-state index in [1.54, 1.807) is 12.1 Å². The van der Waals surface area contributed by atoms with Crippen LogP contribution in [-0.2, 0) is 0 Å². The smallest absolute Gasteiger partial charge is 0.335 e. The van der Waals surface area contributed by atoms with Crippen molar-refractivity contribution in [3.05, 3.63) is 27.9 Å². The molecule has 0 amide bonds. The molecule has 1 heterocycles. The third-order valence-corrected chi connectivity index (χ3v) is 2.66. The van der Waals surface area contributed by atoms with Crippen LogP contribution < -0.4 is 0 Å². The van der Waals surface area contributed by atoms with Crippen LogP contribution in [0.2, 0.25) is 0 Å². The quantitative estimate of drug-likeness (QED) is 0.821. The van der Waals surface area contributed by atoms with Gasteiger partial charge < -0.3 is 5.11 Å². The largest absolute Gasteiger partial charge is 0.478 e. The van der Waals surface area contributed by atoms with E-state index in [0.717, 1.165) is 15.6 Å². The number of fused-ring (bicyclic) bond motifs is 1. The summed E-state index contributed by atoms with van der Waals surface area (Å²) in [7, 11) is 0. The topological polar surface area (TPSA) is 66.0 Å². The van der Waals surface area contributed by atoms with Crippen LogP contribution in [0.15, 0.2) is 16.6 Å². The van der Waals surface area contributed by atoms with Gasteiger partial charge in [0, 0.05) is 15.6 Å². The number of aryl methyl sites for hydroxylation is 1. The first-order valence-corrected chi connectivity index (χ1v) is 4.76. The number of aromatic carboxylic acids is 1. The predicted molar refractivity (Wildman–Crippen MR) is 55.5 cm³/mol. The average molecular weight is 255 g/mol. The summed E-state index contributed by atoms with van der Waals surface area (Å²) in [6.07, 6.45) is 0. The van der Waals surface area contributed by atoms with Crippen LogP contribution in [0, 0.1) is 6.92 Å². The molecule has 72 valence electrons. The van der Waals surface area contributed by atoms with Crippen LogP contribution in [-0.4, -0.2) is 21.3 Å². The van der Waals surface area contributed by atoms with Gasteiger partial charge in [0.25, 0.3) is 0 Å². The molecule has 0 saturated carbocycles. The monoisotopic (exact) mass is 254 g/mol. The molecule has 0 radical (unpaired) electrons. The first-order chi connectivity index (χ1) is 6.59. The number of hydrogen-bond donors (Lipinski definition) is 2. The second-order valence-corrected chi connectivity index (χ2v) is 3.86. The third-order valence-electron chi connectivity index (χ3n) is 2.04. The molecule has 2 N–H and O–H groups in total. The molecule has 2 aromatic rings. The van der Waals surface area contributed by atoms with E-state index < -0.39 is 5.97 Å². The minimum atomic E-state index is -0.951. The molecular formula is C9H7BrN2O2. The molecule has 5 heteroatoms. The maximum Gasteiger partial charge on any atom is 0.335 e.